The number of rotatable bonds is 7. The Morgan fingerprint density at radius 1 is 0.933 bits per heavy atom. The van der Waals surface area contributed by atoms with Gasteiger partial charge in [-0.1, -0.05) is 48.5 Å². The Labute approximate surface area is 172 Å². The molecular formula is C24H18F2O4. The summed E-state index contributed by atoms with van der Waals surface area (Å²) in [5.74, 6) is -2.71. The van der Waals surface area contributed by atoms with E-state index in [1.165, 1.54) is 7.11 Å². The summed E-state index contributed by atoms with van der Waals surface area (Å²) in [5.41, 5.74) is 0.918. The van der Waals surface area contributed by atoms with Gasteiger partial charge in [0.1, 0.15) is 17.4 Å². The molecule has 0 saturated carbocycles. The van der Waals surface area contributed by atoms with Gasteiger partial charge in [-0.15, -0.1) is 0 Å². The number of benzene rings is 3. The Kier molecular flexibility index (Phi) is 6.70. The van der Waals surface area contributed by atoms with Gasteiger partial charge < -0.3 is 9.47 Å². The zero-order chi connectivity index (χ0) is 21.5. The van der Waals surface area contributed by atoms with Crippen LogP contribution in [0.5, 0.6) is 5.75 Å². The third-order valence-electron chi connectivity index (χ3n) is 4.31. The molecule has 0 aliphatic carbocycles. The summed E-state index contributed by atoms with van der Waals surface area (Å²) < 4.78 is 37.6. The number of methoxy groups -OCH3 is 1. The smallest absolute Gasteiger partial charge is 0.339 e. The molecule has 0 atom stereocenters. The lowest BCUT2D eigenvalue weighted by atomic mass is 10.0. The van der Waals surface area contributed by atoms with Gasteiger partial charge in [0.2, 0.25) is 5.78 Å². The van der Waals surface area contributed by atoms with Crippen LogP contribution in [0.4, 0.5) is 8.78 Å². The van der Waals surface area contributed by atoms with Crippen molar-refractivity contribution in [1.29, 1.82) is 0 Å². The number of carbonyl (C=O) groups excluding carboxylic acids is 2. The largest absolute Gasteiger partial charge is 0.496 e. The van der Waals surface area contributed by atoms with E-state index < -0.39 is 35.6 Å². The van der Waals surface area contributed by atoms with Crippen LogP contribution in [0.25, 0.3) is 11.6 Å². The molecule has 0 N–H and O–H groups in total. The average molecular weight is 408 g/mol. The fraction of sp³-hybridized carbons (Fsp3) is 0.0833. The highest BCUT2D eigenvalue weighted by molar-refractivity contribution is 6.22. The molecule has 0 heterocycles. The van der Waals surface area contributed by atoms with E-state index in [0.717, 1.165) is 18.2 Å². The number of Topliss-reactive ketones (excluding diaryl/α,β-unsaturated/α-hetero) is 1. The minimum Gasteiger partial charge on any atom is -0.496 e. The van der Waals surface area contributed by atoms with Crippen molar-refractivity contribution in [1.82, 2.24) is 0 Å². The average Bonchev–Trinajstić information content (AvgIpc) is 2.78. The molecule has 0 unspecified atom stereocenters. The Bertz CT molecular complexity index is 1090. The zero-order valence-electron chi connectivity index (χ0n) is 16.1. The van der Waals surface area contributed by atoms with Crippen molar-refractivity contribution in [3.8, 4) is 5.75 Å². The molecule has 0 aliphatic heterocycles. The summed E-state index contributed by atoms with van der Waals surface area (Å²) in [7, 11) is 1.51. The van der Waals surface area contributed by atoms with Gasteiger partial charge in [-0.25, -0.2) is 13.6 Å². The minimum atomic E-state index is -0.884. The van der Waals surface area contributed by atoms with Crippen molar-refractivity contribution in [2.75, 3.05) is 13.7 Å². The predicted molar refractivity (Wildman–Crippen MR) is 109 cm³/mol. The number of halogens is 2. The van der Waals surface area contributed by atoms with Crippen molar-refractivity contribution in [2.24, 2.45) is 0 Å². The van der Waals surface area contributed by atoms with Crippen LogP contribution in [0.1, 0.15) is 21.5 Å². The predicted octanol–water partition coefficient (Wildman–Crippen LogP) is 4.94. The number of esters is 1. The Balaban J connectivity index is 1.87. The molecule has 0 radical (unpaired) electrons. The summed E-state index contributed by atoms with van der Waals surface area (Å²) in [4.78, 5) is 25.0. The van der Waals surface area contributed by atoms with Gasteiger partial charge in [-0.2, -0.15) is 0 Å². The summed E-state index contributed by atoms with van der Waals surface area (Å²) >= 11 is 0. The number of ketones is 1. The molecule has 4 nitrogen and oxygen atoms in total. The molecule has 0 bridgehead atoms. The second-order valence-corrected chi connectivity index (χ2v) is 6.29. The van der Waals surface area contributed by atoms with Crippen LogP contribution >= 0.6 is 0 Å². The quantitative estimate of drug-likeness (QED) is 0.241. The van der Waals surface area contributed by atoms with E-state index in [1.807, 2.05) is 0 Å². The maximum atomic E-state index is 13.8. The van der Waals surface area contributed by atoms with E-state index in [1.54, 1.807) is 60.7 Å². The van der Waals surface area contributed by atoms with Crippen LogP contribution in [0, 0.1) is 11.6 Å². The van der Waals surface area contributed by atoms with Gasteiger partial charge in [-0.05, 0) is 35.9 Å². The summed E-state index contributed by atoms with van der Waals surface area (Å²) in [6.45, 7) is -0.727. The maximum Gasteiger partial charge on any atom is 0.339 e. The SMILES string of the molecule is COc1ccccc1/C=C(/C(=O)OCC(=O)c1cc(F)ccc1F)c1ccccc1. The monoisotopic (exact) mass is 408 g/mol. The second kappa shape index (κ2) is 9.60. The molecule has 152 valence electrons. The third-order valence-corrected chi connectivity index (χ3v) is 4.31. The van der Waals surface area contributed by atoms with Crippen molar-refractivity contribution >= 4 is 23.4 Å². The lowest BCUT2D eigenvalue weighted by molar-refractivity contribution is -0.135. The first-order chi connectivity index (χ1) is 14.5. The van der Waals surface area contributed by atoms with Crippen LogP contribution in [-0.4, -0.2) is 25.5 Å². The van der Waals surface area contributed by atoms with Crippen LogP contribution in [0.2, 0.25) is 0 Å². The van der Waals surface area contributed by atoms with Crippen molar-refractivity contribution in [3.63, 3.8) is 0 Å². The first-order valence-electron chi connectivity index (χ1n) is 9.05. The summed E-state index contributed by atoms with van der Waals surface area (Å²) in [6, 6.07) is 18.4. The maximum absolute atomic E-state index is 13.8. The van der Waals surface area contributed by atoms with Gasteiger partial charge in [0.25, 0.3) is 0 Å². The molecule has 6 heteroatoms. The fourth-order valence-electron chi connectivity index (χ4n) is 2.82. The molecule has 3 aromatic carbocycles. The molecule has 0 amide bonds. The van der Waals surface area contributed by atoms with Crippen molar-refractivity contribution in [2.45, 2.75) is 0 Å². The first-order valence-corrected chi connectivity index (χ1v) is 9.05. The third kappa shape index (κ3) is 4.97. The van der Waals surface area contributed by atoms with E-state index in [2.05, 4.69) is 0 Å². The highest BCUT2D eigenvalue weighted by Crippen LogP contribution is 2.25. The number of para-hydroxylation sites is 1. The van der Waals surface area contributed by atoms with Crippen LogP contribution < -0.4 is 4.74 Å². The number of ether oxygens (including phenoxy) is 2. The lowest BCUT2D eigenvalue weighted by Gasteiger charge is -2.11. The van der Waals surface area contributed by atoms with Crippen molar-refractivity contribution in [3.05, 3.63) is 101 Å². The van der Waals surface area contributed by atoms with E-state index in [0.29, 0.717) is 16.9 Å². The molecular weight excluding hydrogens is 390 g/mol. The molecule has 0 fully saturated rings. The van der Waals surface area contributed by atoms with Crippen LogP contribution in [-0.2, 0) is 9.53 Å². The molecule has 0 spiro atoms. The van der Waals surface area contributed by atoms with Crippen LogP contribution in [0.3, 0.4) is 0 Å². The topological polar surface area (TPSA) is 52.6 Å². The molecule has 3 aromatic rings. The standard InChI is InChI=1S/C24H18F2O4/c1-29-23-10-6-5-9-17(23)13-19(16-7-3-2-4-8-16)24(28)30-15-22(27)20-14-18(25)11-12-21(20)26/h2-14H,15H2,1H3/b19-13+. The summed E-state index contributed by atoms with van der Waals surface area (Å²) in [5, 5.41) is 0. The van der Waals surface area contributed by atoms with E-state index in [4.69, 9.17) is 9.47 Å². The lowest BCUT2D eigenvalue weighted by Crippen LogP contribution is -2.16. The summed E-state index contributed by atoms with van der Waals surface area (Å²) in [6.07, 6.45) is 1.59. The van der Waals surface area contributed by atoms with Gasteiger partial charge in [0, 0.05) is 5.56 Å². The highest BCUT2D eigenvalue weighted by Gasteiger charge is 2.19. The zero-order valence-corrected chi connectivity index (χ0v) is 16.1. The van der Waals surface area contributed by atoms with Crippen LogP contribution in [0.15, 0.2) is 72.8 Å². The molecule has 30 heavy (non-hydrogen) atoms. The number of hydrogen-bond acceptors (Lipinski definition) is 4. The van der Waals surface area contributed by atoms with Gasteiger partial charge in [0.15, 0.2) is 6.61 Å². The Morgan fingerprint density at radius 2 is 1.63 bits per heavy atom. The van der Waals surface area contributed by atoms with Gasteiger partial charge >= 0.3 is 5.97 Å². The van der Waals surface area contributed by atoms with E-state index in [9.17, 15) is 18.4 Å². The normalized spacial score (nSPS) is 11.1. The molecule has 0 aromatic heterocycles. The second-order valence-electron chi connectivity index (χ2n) is 6.29. The molecule has 3 rings (SSSR count). The van der Waals surface area contributed by atoms with Crippen molar-refractivity contribution < 1.29 is 27.8 Å². The molecule has 0 saturated heterocycles. The molecule has 0 aliphatic rings. The van der Waals surface area contributed by atoms with Gasteiger partial charge in [-0.3, -0.25) is 4.79 Å². The Morgan fingerprint density at radius 3 is 2.37 bits per heavy atom. The number of carbonyl (C=O) groups is 2. The highest BCUT2D eigenvalue weighted by atomic mass is 19.1. The minimum absolute atomic E-state index is 0.188. The first kappa shape index (κ1) is 20.9. The van der Waals surface area contributed by atoms with Gasteiger partial charge in [0.05, 0.1) is 18.2 Å². The van der Waals surface area contributed by atoms with E-state index in [-0.39, 0.29) is 5.57 Å². The van der Waals surface area contributed by atoms with E-state index >= 15 is 0 Å². The Hall–Kier alpha value is -3.80. The number of hydrogen-bond donors (Lipinski definition) is 0. The fourth-order valence-corrected chi connectivity index (χ4v) is 2.82.